The molecule has 1 N–H and O–H groups in total. The first kappa shape index (κ1) is 24.1. The number of halogens is 1. The molecule has 2 amide bonds. The van der Waals surface area contributed by atoms with Crippen molar-refractivity contribution in [2.24, 2.45) is 0 Å². The minimum Gasteiger partial charge on any atom is -0.478 e. The normalized spacial score (nSPS) is 18.0. The highest BCUT2D eigenvalue weighted by atomic mass is 35.5. The summed E-state index contributed by atoms with van der Waals surface area (Å²) in [5.41, 5.74) is 0.437. The first-order chi connectivity index (χ1) is 15.8. The highest BCUT2D eigenvalue weighted by Gasteiger charge is 2.44. The zero-order valence-electron chi connectivity index (χ0n) is 18.1. The van der Waals surface area contributed by atoms with Crippen molar-refractivity contribution in [3.63, 3.8) is 0 Å². The van der Waals surface area contributed by atoms with Crippen molar-refractivity contribution in [3.8, 4) is 0 Å². The second-order valence-corrected chi connectivity index (χ2v) is 7.60. The number of rotatable bonds is 3. The number of aromatic nitrogens is 3. The Morgan fingerprint density at radius 2 is 1.85 bits per heavy atom. The Balaban J connectivity index is 0.000000454. The summed E-state index contributed by atoms with van der Waals surface area (Å²) < 4.78 is 5.68. The number of carbonyl (C=O) groups is 3. The van der Waals surface area contributed by atoms with E-state index in [9.17, 15) is 14.4 Å². The second-order valence-electron chi connectivity index (χ2n) is 7.16. The van der Waals surface area contributed by atoms with Crippen LogP contribution in [0.5, 0.6) is 0 Å². The fourth-order valence-corrected chi connectivity index (χ4v) is 3.29. The zero-order valence-corrected chi connectivity index (χ0v) is 18.8. The van der Waals surface area contributed by atoms with E-state index < -0.39 is 24.2 Å². The minimum atomic E-state index is -1.03. The number of hydrogen-bond donors (Lipinski definition) is 1. The number of carbonyl (C=O) groups excluding carboxylic acids is 2. The molecule has 12 heteroatoms. The van der Waals surface area contributed by atoms with Gasteiger partial charge >= 0.3 is 12.1 Å². The lowest BCUT2D eigenvalue weighted by atomic mass is 10.3. The molecule has 0 radical (unpaired) electrons. The van der Waals surface area contributed by atoms with Gasteiger partial charge in [0.15, 0.2) is 5.69 Å². The highest BCUT2D eigenvalue weighted by Crippen LogP contribution is 2.35. The molecule has 11 nitrogen and oxygen atoms in total. The van der Waals surface area contributed by atoms with Crippen molar-refractivity contribution in [1.29, 1.82) is 0 Å². The number of ether oxygens (including phenoxy) is 1. The number of pyridine rings is 1. The molecule has 1 atom stereocenters. The van der Waals surface area contributed by atoms with E-state index in [-0.39, 0.29) is 5.69 Å². The molecule has 2 aromatic rings. The van der Waals surface area contributed by atoms with Gasteiger partial charge in [0.05, 0.1) is 5.02 Å². The maximum atomic E-state index is 12.8. The van der Waals surface area contributed by atoms with Crippen LogP contribution in [-0.4, -0.2) is 81.1 Å². The molecule has 0 aromatic carbocycles. The number of piperazine rings is 1. The molecular weight excluding hydrogens is 452 g/mol. The van der Waals surface area contributed by atoms with Crippen LogP contribution in [0, 0.1) is 0 Å². The number of likely N-dealkylation sites (N-methyl/N-ethyl adjacent to an activating group) is 1. The van der Waals surface area contributed by atoms with Gasteiger partial charge in [-0.2, -0.15) is 0 Å². The van der Waals surface area contributed by atoms with Crippen molar-refractivity contribution < 1.29 is 24.2 Å². The minimum absolute atomic E-state index is 0.144. The van der Waals surface area contributed by atoms with Gasteiger partial charge in [-0.3, -0.25) is 9.78 Å². The van der Waals surface area contributed by atoms with Crippen LogP contribution in [0.1, 0.15) is 29.3 Å². The number of amides is 2. The van der Waals surface area contributed by atoms with Crippen LogP contribution in [-0.2, 0) is 9.53 Å². The van der Waals surface area contributed by atoms with Gasteiger partial charge in [-0.1, -0.05) is 17.7 Å². The molecule has 2 aliphatic heterocycles. The number of carboxylic acids is 1. The van der Waals surface area contributed by atoms with Crippen LogP contribution in [0.25, 0.3) is 0 Å². The second kappa shape index (κ2) is 10.8. The standard InChI is InChI=1S/C17H17ClN6O3.C4H6O2/c1-22-6-8-23(9-7-22)17(26)27-16-14-13(19-4-5-20-14)15(25)24(16)12-3-2-11(18)10-21-12;1-2-3-4(5)6/h2-5,10,16H,6-9H2,1H3;2-3H,1H3,(H,5,6)/b;3-2-/t16-;/m0./s1. The van der Waals surface area contributed by atoms with E-state index >= 15 is 0 Å². The third-order valence-electron chi connectivity index (χ3n) is 4.86. The number of aliphatic carboxylic acids is 1. The summed E-state index contributed by atoms with van der Waals surface area (Å²) in [5.74, 6) is -1.01. The van der Waals surface area contributed by atoms with Gasteiger partial charge in [0.2, 0.25) is 6.23 Å². The SMILES string of the molecule is C/C=C\C(=O)O.CN1CCN(C(=O)O[C@H]2c3nccnc3C(=O)N2c2ccc(Cl)cn2)CC1. The predicted octanol–water partition coefficient (Wildman–Crippen LogP) is 2.22. The van der Waals surface area contributed by atoms with Gasteiger partial charge in [-0.25, -0.2) is 24.5 Å². The largest absolute Gasteiger partial charge is 0.478 e. The third kappa shape index (κ3) is 5.82. The molecule has 4 rings (SSSR count). The average molecular weight is 475 g/mol. The van der Waals surface area contributed by atoms with Gasteiger partial charge in [0.1, 0.15) is 11.5 Å². The summed E-state index contributed by atoms with van der Waals surface area (Å²) in [7, 11) is 2.00. The van der Waals surface area contributed by atoms with Crippen LogP contribution >= 0.6 is 11.6 Å². The number of fused-ring (bicyclic) bond motifs is 1. The molecule has 0 bridgehead atoms. The first-order valence-electron chi connectivity index (χ1n) is 10.1. The molecular formula is C21H23ClN6O5. The summed E-state index contributed by atoms with van der Waals surface area (Å²) in [5, 5.41) is 8.26. The third-order valence-corrected chi connectivity index (χ3v) is 5.08. The monoisotopic (exact) mass is 474 g/mol. The van der Waals surface area contributed by atoms with Crippen LogP contribution in [0.2, 0.25) is 5.02 Å². The topological polar surface area (TPSA) is 129 Å². The van der Waals surface area contributed by atoms with Crippen LogP contribution in [0.4, 0.5) is 10.6 Å². The van der Waals surface area contributed by atoms with Crippen molar-refractivity contribution in [2.75, 3.05) is 38.1 Å². The van der Waals surface area contributed by atoms with Crippen LogP contribution in [0.3, 0.4) is 0 Å². The Bertz CT molecular complexity index is 1040. The van der Waals surface area contributed by atoms with E-state index in [1.54, 1.807) is 24.0 Å². The van der Waals surface area contributed by atoms with Crippen LogP contribution < -0.4 is 4.90 Å². The Labute approximate surface area is 195 Å². The Morgan fingerprint density at radius 1 is 1.15 bits per heavy atom. The molecule has 0 spiro atoms. The van der Waals surface area contributed by atoms with E-state index in [2.05, 4.69) is 19.9 Å². The van der Waals surface area contributed by atoms with Gasteiger partial charge in [0, 0.05) is 50.8 Å². The van der Waals surface area contributed by atoms with Gasteiger partial charge in [-0.15, -0.1) is 0 Å². The maximum absolute atomic E-state index is 12.8. The van der Waals surface area contributed by atoms with Crippen molar-refractivity contribution in [1.82, 2.24) is 24.8 Å². The molecule has 4 heterocycles. The van der Waals surface area contributed by atoms with Gasteiger partial charge in [0.25, 0.3) is 5.91 Å². The lowest BCUT2D eigenvalue weighted by Gasteiger charge is -2.33. The lowest BCUT2D eigenvalue weighted by molar-refractivity contribution is -0.131. The van der Waals surface area contributed by atoms with Gasteiger partial charge in [-0.05, 0) is 26.1 Å². The molecule has 0 unspecified atom stereocenters. The predicted molar refractivity (Wildman–Crippen MR) is 119 cm³/mol. The quantitative estimate of drug-likeness (QED) is 0.665. The highest BCUT2D eigenvalue weighted by molar-refractivity contribution is 6.30. The van der Waals surface area contributed by atoms with Crippen molar-refractivity contribution >= 4 is 35.4 Å². The Morgan fingerprint density at radius 3 is 2.42 bits per heavy atom. The average Bonchev–Trinajstić information content (AvgIpc) is 3.07. The number of carboxylic acid groups (broad SMARTS) is 1. The van der Waals surface area contributed by atoms with Crippen molar-refractivity contribution in [3.05, 3.63) is 59.3 Å². The number of allylic oxidation sites excluding steroid dienone is 1. The number of anilines is 1. The van der Waals surface area contributed by atoms with E-state index in [0.29, 0.717) is 29.6 Å². The van der Waals surface area contributed by atoms with Gasteiger partial charge < -0.3 is 19.6 Å². The number of nitrogens with zero attached hydrogens (tertiary/aromatic N) is 6. The van der Waals surface area contributed by atoms with E-state index in [4.69, 9.17) is 21.4 Å². The summed E-state index contributed by atoms with van der Waals surface area (Å²) in [6.45, 7) is 4.30. The van der Waals surface area contributed by atoms with E-state index in [0.717, 1.165) is 19.2 Å². The molecule has 0 aliphatic carbocycles. The summed E-state index contributed by atoms with van der Waals surface area (Å²) in [6.07, 6.45) is 5.34. The number of hydrogen-bond acceptors (Lipinski definition) is 8. The molecule has 0 saturated carbocycles. The van der Waals surface area contributed by atoms with Crippen LogP contribution in [0.15, 0.2) is 42.9 Å². The Kier molecular flexibility index (Phi) is 7.91. The lowest BCUT2D eigenvalue weighted by Crippen LogP contribution is -2.48. The van der Waals surface area contributed by atoms with Crippen molar-refractivity contribution in [2.45, 2.75) is 13.2 Å². The van der Waals surface area contributed by atoms with E-state index in [1.165, 1.54) is 29.6 Å². The smallest absolute Gasteiger partial charge is 0.412 e. The van der Waals surface area contributed by atoms with E-state index in [1.807, 2.05) is 7.05 Å². The summed E-state index contributed by atoms with van der Waals surface area (Å²) >= 11 is 5.89. The summed E-state index contributed by atoms with van der Waals surface area (Å²) in [6, 6.07) is 3.20. The summed E-state index contributed by atoms with van der Waals surface area (Å²) in [4.78, 5) is 52.5. The zero-order chi connectivity index (χ0) is 24.0. The maximum Gasteiger partial charge on any atom is 0.412 e. The first-order valence-corrected chi connectivity index (χ1v) is 10.5. The molecule has 174 valence electrons. The molecule has 1 fully saturated rings. The fraction of sp³-hybridized carbons (Fsp3) is 0.333. The molecule has 2 aromatic heterocycles. The molecule has 2 aliphatic rings. The molecule has 33 heavy (non-hydrogen) atoms. The Hall–Kier alpha value is -3.57. The molecule has 1 saturated heterocycles. The fourth-order valence-electron chi connectivity index (χ4n) is 3.18.